The monoisotopic (exact) mass is 339 g/mol. The van der Waals surface area contributed by atoms with Crippen LogP contribution < -0.4 is 0 Å². The number of halogens is 2. The molecule has 0 heterocycles. The molecule has 0 aromatic heterocycles. The summed E-state index contributed by atoms with van der Waals surface area (Å²) in [4.78, 5) is -0.550. The van der Waals surface area contributed by atoms with E-state index in [2.05, 4.69) is 0 Å². The summed E-state index contributed by atoms with van der Waals surface area (Å²) in [5, 5.41) is 9.09. The number of aliphatic hydroxyl groups excluding tert-OH is 1. The van der Waals surface area contributed by atoms with Crippen LogP contribution in [0, 0.1) is 5.82 Å². The minimum absolute atomic E-state index is 0.0231. The smallest absolute Gasteiger partial charge is 0.245 e. The minimum atomic E-state index is -4.04. The molecule has 1 N–H and O–H groups in total. The molecule has 1 aromatic rings. The normalized spacial score (nSPS) is 12.4. The molecule has 0 spiro atoms. The fourth-order valence-electron chi connectivity index (χ4n) is 1.63. The average Bonchev–Trinajstić information content (AvgIpc) is 2.40. The highest BCUT2D eigenvalue weighted by atomic mass is 35.5. The van der Waals surface area contributed by atoms with Crippen molar-refractivity contribution >= 4 is 21.6 Å². The van der Waals surface area contributed by atoms with Crippen molar-refractivity contribution in [1.29, 1.82) is 0 Å². The van der Waals surface area contributed by atoms with Crippen LogP contribution in [0.15, 0.2) is 17.0 Å². The highest BCUT2D eigenvalue weighted by Gasteiger charge is 2.26. The molecule has 0 unspecified atom stereocenters. The van der Waals surface area contributed by atoms with Gasteiger partial charge in [-0.15, -0.1) is 0 Å². The van der Waals surface area contributed by atoms with Gasteiger partial charge in [0.15, 0.2) is 0 Å². The molecule has 0 amide bonds. The number of hydrogen-bond donors (Lipinski definition) is 1. The van der Waals surface area contributed by atoms with Gasteiger partial charge in [-0.3, -0.25) is 0 Å². The van der Waals surface area contributed by atoms with Gasteiger partial charge in [0.25, 0.3) is 0 Å². The Hall–Kier alpha value is -0.730. The summed E-state index contributed by atoms with van der Waals surface area (Å²) in [5.74, 6) is -0.987. The second kappa shape index (κ2) is 7.51. The van der Waals surface area contributed by atoms with Gasteiger partial charge in [-0.05, 0) is 26.0 Å². The number of ether oxygens (including phenoxy) is 1. The zero-order chi connectivity index (χ0) is 16.2. The summed E-state index contributed by atoms with van der Waals surface area (Å²) in [6.07, 6.45) is -0.0231. The summed E-state index contributed by atoms with van der Waals surface area (Å²) in [6, 6.07) is 2.23. The summed E-state index contributed by atoms with van der Waals surface area (Å²) in [6.45, 7) is 3.32. The molecule has 0 radical (unpaired) electrons. The number of sulfonamides is 1. The Morgan fingerprint density at radius 3 is 2.57 bits per heavy atom. The second-order valence-corrected chi connectivity index (χ2v) is 7.23. The van der Waals surface area contributed by atoms with E-state index in [-0.39, 0.29) is 29.8 Å². The Morgan fingerprint density at radius 2 is 2.05 bits per heavy atom. The molecule has 120 valence electrons. The van der Waals surface area contributed by atoms with Crippen LogP contribution in [0.3, 0.4) is 0 Å². The van der Waals surface area contributed by atoms with Crippen LogP contribution in [-0.4, -0.2) is 44.1 Å². The van der Waals surface area contributed by atoms with E-state index in [1.807, 2.05) is 13.8 Å². The summed E-state index contributed by atoms with van der Waals surface area (Å²) in [5.41, 5.74) is -0.159. The number of likely N-dealkylation sites (N-methyl/N-ethyl adjacent to an activating group) is 1. The van der Waals surface area contributed by atoms with Gasteiger partial charge in [0, 0.05) is 24.2 Å². The zero-order valence-electron chi connectivity index (χ0n) is 12.1. The van der Waals surface area contributed by atoms with Crippen molar-refractivity contribution in [2.75, 3.05) is 20.2 Å². The van der Waals surface area contributed by atoms with Crippen LogP contribution in [0.25, 0.3) is 0 Å². The van der Waals surface area contributed by atoms with Crippen molar-refractivity contribution in [3.63, 3.8) is 0 Å². The van der Waals surface area contributed by atoms with Gasteiger partial charge in [0.2, 0.25) is 10.0 Å². The fourth-order valence-corrected chi connectivity index (χ4v) is 3.22. The maximum atomic E-state index is 14.1. The molecule has 0 fully saturated rings. The van der Waals surface area contributed by atoms with E-state index in [0.717, 1.165) is 10.4 Å². The van der Waals surface area contributed by atoms with E-state index in [1.54, 1.807) is 0 Å². The molecule has 1 aromatic carbocycles. The maximum absolute atomic E-state index is 14.1. The van der Waals surface area contributed by atoms with Crippen LogP contribution >= 0.6 is 11.6 Å². The highest BCUT2D eigenvalue weighted by Crippen LogP contribution is 2.25. The quantitative estimate of drug-likeness (QED) is 0.825. The van der Waals surface area contributed by atoms with E-state index in [1.165, 1.54) is 13.1 Å². The Morgan fingerprint density at radius 1 is 1.43 bits per heavy atom. The third kappa shape index (κ3) is 4.62. The lowest BCUT2D eigenvalue weighted by molar-refractivity contribution is 0.0737. The maximum Gasteiger partial charge on any atom is 0.245 e. The van der Waals surface area contributed by atoms with Gasteiger partial charge in [0.1, 0.15) is 10.7 Å². The van der Waals surface area contributed by atoms with Gasteiger partial charge in [-0.1, -0.05) is 11.6 Å². The average molecular weight is 340 g/mol. The van der Waals surface area contributed by atoms with Crippen molar-refractivity contribution in [2.45, 2.75) is 31.5 Å². The fraction of sp³-hybridized carbons (Fsp3) is 0.538. The molecule has 8 heteroatoms. The number of nitrogens with zero attached hydrogens (tertiary/aromatic N) is 1. The van der Waals surface area contributed by atoms with Crippen LogP contribution in [0.5, 0.6) is 0 Å². The van der Waals surface area contributed by atoms with Crippen molar-refractivity contribution in [1.82, 2.24) is 4.31 Å². The molecule has 0 aliphatic rings. The van der Waals surface area contributed by atoms with E-state index >= 15 is 0 Å². The summed E-state index contributed by atoms with van der Waals surface area (Å²) in [7, 11) is -2.71. The van der Waals surface area contributed by atoms with Crippen molar-refractivity contribution < 1.29 is 22.7 Å². The lowest BCUT2D eigenvalue weighted by Crippen LogP contribution is -2.31. The number of aliphatic hydroxyl groups is 1. The molecule has 0 bridgehead atoms. The molecule has 0 aliphatic heterocycles. The topological polar surface area (TPSA) is 66.8 Å². The first-order valence-electron chi connectivity index (χ1n) is 6.36. The van der Waals surface area contributed by atoms with E-state index < -0.39 is 27.3 Å². The van der Waals surface area contributed by atoms with Crippen molar-refractivity contribution in [3.8, 4) is 0 Å². The van der Waals surface area contributed by atoms with Gasteiger partial charge >= 0.3 is 0 Å². The van der Waals surface area contributed by atoms with Crippen LogP contribution in [-0.2, 0) is 21.4 Å². The molecule has 21 heavy (non-hydrogen) atoms. The lowest BCUT2D eigenvalue weighted by Gasteiger charge is -2.19. The first-order chi connectivity index (χ1) is 9.70. The third-order valence-electron chi connectivity index (χ3n) is 2.80. The Labute approximate surface area is 129 Å². The van der Waals surface area contributed by atoms with Crippen molar-refractivity contribution in [2.24, 2.45) is 0 Å². The minimum Gasteiger partial charge on any atom is -0.392 e. The predicted molar refractivity (Wildman–Crippen MR) is 78.2 cm³/mol. The Bertz CT molecular complexity index is 592. The number of hydrogen-bond acceptors (Lipinski definition) is 4. The van der Waals surface area contributed by atoms with Crippen LogP contribution in [0.4, 0.5) is 4.39 Å². The molecule has 0 saturated carbocycles. The molecule has 5 nitrogen and oxygen atoms in total. The van der Waals surface area contributed by atoms with Gasteiger partial charge in [0.05, 0.1) is 19.3 Å². The number of benzene rings is 1. The Kier molecular flexibility index (Phi) is 6.55. The van der Waals surface area contributed by atoms with Gasteiger partial charge < -0.3 is 9.84 Å². The lowest BCUT2D eigenvalue weighted by atomic mass is 10.2. The molecule has 0 aliphatic carbocycles. The number of rotatable bonds is 7. The molecule has 0 atom stereocenters. The van der Waals surface area contributed by atoms with E-state index in [4.69, 9.17) is 21.4 Å². The van der Waals surface area contributed by atoms with Crippen molar-refractivity contribution in [3.05, 3.63) is 28.5 Å². The standard InChI is InChI=1S/C13H19ClFNO4S/c1-9(2)20-5-4-16(3)21(18,19)12-7-11(14)6-10(8-17)13(12)15/h6-7,9,17H,4-5,8H2,1-3H3. The first-order valence-corrected chi connectivity index (χ1v) is 8.18. The highest BCUT2D eigenvalue weighted by molar-refractivity contribution is 7.89. The summed E-state index contributed by atoms with van der Waals surface area (Å²) < 4.78 is 45.0. The first kappa shape index (κ1) is 18.3. The van der Waals surface area contributed by atoms with Gasteiger partial charge in [-0.25, -0.2) is 12.8 Å². The zero-order valence-corrected chi connectivity index (χ0v) is 13.7. The van der Waals surface area contributed by atoms with E-state index in [9.17, 15) is 12.8 Å². The second-order valence-electron chi connectivity index (χ2n) is 4.78. The molecule has 1 rings (SSSR count). The van der Waals surface area contributed by atoms with E-state index in [0.29, 0.717) is 0 Å². The molecular weight excluding hydrogens is 321 g/mol. The molecule has 0 saturated heterocycles. The predicted octanol–water partition coefficient (Wildman–Crippen LogP) is 2.02. The SMILES string of the molecule is CC(C)OCCN(C)S(=O)(=O)c1cc(Cl)cc(CO)c1F. The van der Waals surface area contributed by atoms with Crippen LogP contribution in [0.2, 0.25) is 5.02 Å². The van der Waals surface area contributed by atoms with Gasteiger partial charge in [-0.2, -0.15) is 4.31 Å². The third-order valence-corrected chi connectivity index (χ3v) is 4.87. The Balaban J connectivity index is 3.05. The summed E-state index contributed by atoms with van der Waals surface area (Å²) >= 11 is 5.77. The molecular formula is C13H19ClFNO4S. The largest absolute Gasteiger partial charge is 0.392 e. The van der Waals surface area contributed by atoms with Crippen LogP contribution in [0.1, 0.15) is 19.4 Å².